The molecular weight excluding hydrogens is 683 g/mol. The molecule has 0 unspecified atom stereocenters. The van der Waals surface area contributed by atoms with Crippen molar-refractivity contribution in [3.05, 3.63) is 112 Å². The van der Waals surface area contributed by atoms with Crippen molar-refractivity contribution in [2.24, 2.45) is 0 Å². The van der Waals surface area contributed by atoms with Crippen molar-refractivity contribution < 1.29 is 20.8 Å². The molecular formula is C41H54Cl2SiZr. The summed E-state index contributed by atoms with van der Waals surface area (Å²) in [5, 5.41) is 7.21. The Kier molecular flexibility index (Phi) is 17.7. The van der Waals surface area contributed by atoms with Gasteiger partial charge in [-0.1, -0.05) is 146 Å². The van der Waals surface area contributed by atoms with Crippen LogP contribution in [0.4, 0.5) is 0 Å². The van der Waals surface area contributed by atoms with Crippen molar-refractivity contribution in [2.75, 3.05) is 0 Å². The van der Waals surface area contributed by atoms with Gasteiger partial charge in [0.25, 0.3) is 0 Å². The van der Waals surface area contributed by atoms with E-state index in [-0.39, 0.29) is 0 Å². The molecule has 4 heteroatoms. The van der Waals surface area contributed by atoms with Crippen LogP contribution in [0.15, 0.2) is 78.9 Å². The van der Waals surface area contributed by atoms with E-state index in [1.807, 2.05) is 6.07 Å². The first kappa shape index (κ1) is 39.7. The van der Waals surface area contributed by atoms with Crippen molar-refractivity contribution in [3.63, 3.8) is 0 Å². The van der Waals surface area contributed by atoms with Crippen LogP contribution in [0.2, 0.25) is 6.55 Å². The van der Waals surface area contributed by atoms with Crippen LogP contribution in [0.25, 0.3) is 21.5 Å². The molecule has 0 aromatic heterocycles. The van der Waals surface area contributed by atoms with Crippen LogP contribution in [-0.2, 0) is 33.7 Å². The number of benzene rings is 3. The Morgan fingerprint density at radius 3 is 1.24 bits per heavy atom. The van der Waals surface area contributed by atoms with Gasteiger partial charge >= 0.3 is 37.9 Å². The van der Waals surface area contributed by atoms with Crippen molar-refractivity contribution in [1.82, 2.24) is 0 Å². The zero-order valence-electron chi connectivity index (χ0n) is 29.5. The number of hydrogen-bond donors (Lipinski definition) is 0. The molecule has 0 amide bonds. The van der Waals surface area contributed by atoms with E-state index in [0.29, 0.717) is 23.7 Å². The molecule has 0 aliphatic carbocycles. The van der Waals surface area contributed by atoms with Crippen molar-refractivity contribution in [2.45, 2.75) is 112 Å². The van der Waals surface area contributed by atoms with Gasteiger partial charge in [-0.05, 0) is 36.5 Å². The Hall–Kier alpha value is -1.44. The summed E-state index contributed by atoms with van der Waals surface area (Å²) in [5.41, 5.74) is 8.87. The van der Waals surface area contributed by atoms with Gasteiger partial charge in [-0.25, -0.2) is 0 Å². The number of hydrogen-bond acceptors (Lipinski definition) is 0. The Morgan fingerprint density at radius 2 is 0.978 bits per heavy atom. The summed E-state index contributed by atoms with van der Waals surface area (Å²) in [5.74, 6) is 2.42. The van der Waals surface area contributed by atoms with Crippen LogP contribution in [-0.4, -0.2) is 9.52 Å². The molecule has 5 rings (SSSR count). The van der Waals surface area contributed by atoms with E-state index in [0.717, 1.165) is 22.4 Å². The summed E-state index contributed by atoms with van der Waals surface area (Å²) in [4.78, 5) is 0. The van der Waals surface area contributed by atoms with Gasteiger partial charge in [-0.3, -0.25) is 0 Å². The van der Waals surface area contributed by atoms with E-state index in [2.05, 4.69) is 149 Å². The number of halogens is 2. The number of aryl methyl sites for hydroxylation is 2. The van der Waals surface area contributed by atoms with Gasteiger partial charge in [-0.2, -0.15) is 12.1 Å². The third-order valence-electron chi connectivity index (χ3n) is 8.33. The van der Waals surface area contributed by atoms with E-state index in [9.17, 15) is 0 Å². The molecule has 0 spiro atoms. The molecule has 45 heavy (non-hydrogen) atoms. The molecule has 0 aliphatic heterocycles. The molecule has 0 heterocycles. The molecule has 0 saturated heterocycles. The molecule has 0 N–H and O–H groups in total. The zero-order chi connectivity index (χ0) is 33.7. The second-order valence-corrected chi connectivity index (χ2v) is 17.8. The summed E-state index contributed by atoms with van der Waals surface area (Å²) in [6.45, 7) is 24.9. The second-order valence-electron chi connectivity index (χ2n) is 13.0. The molecule has 0 saturated carbocycles. The summed E-state index contributed by atoms with van der Waals surface area (Å²) >= 11 is -0.826. The molecule has 240 valence electrons. The fourth-order valence-electron chi connectivity index (χ4n) is 5.51. The van der Waals surface area contributed by atoms with Crippen LogP contribution in [0, 0.1) is 0 Å². The van der Waals surface area contributed by atoms with Crippen LogP contribution in [0.1, 0.15) is 126 Å². The first-order chi connectivity index (χ1) is 21.4. The minimum absolute atomic E-state index is 0.600. The van der Waals surface area contributed by atoms with Crippen molar-refractivity contribution in [1.29, 1.82) is 0 Å². The minimum atomic E-state index is -0.826. The average molecular weight is 737 g/mol. The number of rotatable bonds is 7. The van der Waals surface area contributed by atoms with E-state index >= 15 is 0 Å². The van der Waals surface area contributed by atoms with Gasteiger partial charge in [0.15, 0.2) is 0 Å². The normalized spacial score (nSPS) is 10.9. The Labute approximate surface area is 296 Å². The van der Waals surface area contributed by atoms with Crippen LogP contribution in [0.5, 0.6) is 0 Å². The van der Waals surface area contributed by atoms with E-state index in [1.54, 1.807) is 0 Å². The standard InChI is InChI=1S/2C17H23.C7H8Si.2ClH.Zr/c2*1-6-13-7-15-9-14(11(2)3)10-16(12(4)5)17(15)8-13;1-8-7-5-3-2-4-6-7;;;/h2*7-12H,6H2,1-5H3;2-6H,1H3;2*1H;/q2*-1;;;;+4/p-2. The third-order valence-corrected chi connectivity index (χ3v) is 9.24. The molecule has 0 nitrogen and oxygen atoms in total. The first-order valence-electron chi connectivity index (χ1n) is 16.6. The summed E-state index contributed by atoms with van der Waals surface area (Å²) in [6.07, 6.45) is 2.26. The van der Waals surface area contributed by atoms with Crippen molar-refractivity contribution >= 4 is 53.3 Å². The van der Waals surface area contributed by atoms with Gasteiger partial charge in [0.2, 0.25) is 0 Å². The fraction of sp³-hybridized carbons (Fsp3) is 0.415. The summed E-state index contributed by atoms with van der Waals surface area (Å²) < 4.78 is 0. The predicted molar refractivity (Wildman–Crippen MR) is 204 cm³/mol. The molecule has 0 atom stereocenters. The quantitative estimate of drug-likeness (QED) is 0.115. The maximum atomic E-state index is 4.93. The van der Waals surface area contributed by atoms with Crippen LogP contribution in [0.3, 0.4) is 0 Å². The van der Waals surface area contributed by atoms with E-state index in [4.69, 9.17) is 17.0 Å². The fourth-order valence-corrected chi connectivity index (χ4v) is 6.03. The molecule has 0 aliphatic rings. The SMILES string of the molecule is CCc1cc2c(C(C)C)cc(C(C)C)cc2[cH-]1.CCc1cc2c(C(C)C)cc(C(C)C)cc2[cH-]1.C[Si]c1ccccc1.[Cl][Zr+2][Cl]. The molecule has 0 bridgehead atoms. The van der Waals surface area contributed by atoms with Gasteiger partial charge in [0, 0.05) is 0 Å². The number of fused-ring (bicyclic) bond motifs is 2. The van der Waals surface area contributed by atoms with Crippen LogP contribution >= 0.6 is 17.0 Å². The van der Waals surface area contributed by atoms with Gasteiger partial charge in [0.1, 0.15) is 0 Å². The monoisotopic (exact) mass is 734 g/mol. The summed E-state index contributed by atoms with van der Waals surface area (Å²) in [6, 6.07) is 29.5. The maximum absolute atomic E-state index is 4.93. The first-order valence-corrected chi connectivity index (χ1v) is 24.4. The molecule has 5 aromatic rings. The van der Waals surface area contributed by atoms with Crippen LogP contribution < -0.4 is 5.19 Å². The zero-order valence-corrected chi connectivity index (χ0v) is 34.5. The summed E-state index contributed by atoms with van der Waals surface area (Å²) in [7, 11) is 10.8. The third kappa shape index (κ3) is 11.9. The Bertz CT molecular complexity index is 1460. The predicted octanol–water partition coefficient (Wildman–Crippen LogP) is 13.2. The van der Waals surface area contributed by atoms with E-state index < -0.39 is 20.8 Å². The Balaban J connectivity index is 0.000000238. The molecule has 5 aromatic carbocycles. The van der Waals surface area contributed by atoms with Gasteiger partial charge < -0.3 is 0 Å². The topological polar surface area (TPSA) is 0 Å². The average Bonchev–Trinajstić information content (AvgIpc) is 3.65. The van der Waals surface area contributed by atoms with Gasteiger partial charge in [-0.15, -0.1) is 56.9 Å². The van der Waals surface area contributed by atoms with Gasteiger partial charge in [0.05, 0.1) is 9.52 Å². The molecule has 0 fully saturated rings. The Morgan fingerprint density at radius 1 is 0.600 bits per heavy atom. The van der Waals surface area contributed by atoms with E-state index in [1.165, 1.54) is 60.1 Å². The second kappa shape index (κ2) is 20.0. The molecule has 2 radical (unpaired) electrons. The van der Waals surface area contributed by atoms with Crippen molar-refractivity contribution in [3.8, 4) is 0 Å².